The number of ether oxygens (including phenoxy) is 1. The molecular weight excluding hydrogens is 262 g/mol. The topological polar surface area (TPSA) is 60.0 Å². The van der Waals surface area contributed by atoms with Gasteiger partial charge in [-0.2, -0.15) is 0 Å². The molecule has 0 radical (unpaired) electrons. The van der Waals surface area contributed by atoms with Crippen molar-refractivity contribution >= 4 is 14.2 Å². The van der Waals surface area contributed by atoms with Crippen molar-refractivity contribution in [1.29, 1.82) is 0 Å². The summed E-state index contributed by atoms with van der Waals surface area (Å²) in [5.74, 6) is 0.791. The Hall–Kier alpha value is -1.08. The summed E-state index contributed by atoms with van der Waals surface area (Å²) >= 11 is 0. The van der Waals surface area contributed by atoms with Crippen LogP contribution < -0.4 is 10.1 Å². The summed E-state index contributed by atoms with van der Waals surface area (Å²) in [6, 6.07) is 8.15. The van der Waals surface area contributed by atoms with Crippen LogP contribution in [-0.4, -0.2) is 41.2 Å². The van der Waals surface area contributed by atoms with Crippen LogP contribution in [0, 0.1) is 0 Å². The van der Waals surface area contributed by atoms with Gasteiger partial charge in [-0.1, -0.05) is 0 Å². The van der Waals surface area contributed by atoms with E-state index in [4.69, 9.17) is 13.6 Å². The third-order valence-electron chi connectivity index (χ3n) is 3.16. The molecule has 0 amide bonds. The number of methoxy groups -OCH3 is 1. The molecule has 0 heterocycles. The molecule has 2 N–H and O–H groups in total. The van der Waals surface area contributed by atoms with Gasteiger partial charge in [0.2, 0.25) is 0 Å². The smallest absolute Gasteiger partial charge is 0.334 e. The third-order valence-corrected chi connectivity index (χ3v) is 6.08. The van der Waals surface area contributed by atoms with Crippen molar-refractivity contribution in [2.24, 2.45) is 0 Å². The molecule has 1 aromatic rings. The largest absolute Gasteiger partial charge is 0.497 e. The second-order valence-electron chi connectivity index (χ2n) is 4.47. The van der Waals surface area contributed by atoms with Crippen molar-refractivity contribution in [3.8, 4) is 5.75 Å². The van der Waals surface area contributed by atoms with Crippen LogP contribution in [0.5, 0.6) is 5.75 Å². The zero-order valence-electron chi connectivity index (χ0n) is 12.0. The zero-order valence-corrected chi connectivity index (χ0v) is 13.0. The van der Waals surface area contributed by atoms with E-state index in [1.54, 1.807) is 21.3 Å². The summed E-state index contributed by atoms with van der Waals surface area (Å²) < 4.78 is 15.8. The SMILES string of the molecule is COc1ccc(NC(O)CC[Si](C)(OC)OC)cc1. The fourth-order valence-electron chi connectivity index (χ4n) is 1.64. The maximum Gasteiger partial charge on any atom is 0.334 e. The zero-order chi connectivity index (χ0) is 14.3. The molecule has 0 bridgehead atoms. The number of hydrogen-bond acceptors (Lipinski definition) is 5. The summed E-state index contributed by atoms with van der Waals surface area (Å²) in [6.07, 6.45) is -0.0401. The van der Waals surface area contributed by atoms with Crippen LogP contribution in [0.1, 0.15) is 6.42 Å². The predicted molar refractivity (Wildman–Crippen MR) is 77.7 cm³/mol. The molecule has 1 atom stereocenters. The number of rotatable bonds is 8. The quantitative estimate of drug-likeness (QED) is 0.566. The van der Waals surface area contributed by atoms with Gasteiger partial charge in [0.05, 0.1) is 7.11 Å². The first kappa shape index (κ1) is 16.0. The summed E-state index contributed by atoms with van der Waals surface area (Å²) in [5.41, 5.74) is 0.853. The van der Waals surface area contributed by atoms with Crippen molar-refractivity contribution in [3.63, 3.8) is 0 Å². The molecule has 19 heavy (non-hydrogen) atoms. The van der Waals surface area contributed by atoms with E-state index in [1.165, 1.54) is 0 Å². The van der Waals surface area contributed by atoms with Crippen LogP contribution in [0.2, 0.25) is 12.6 Å². The first-order valence-electron chi connectivity index (χ1n) is 6.22. The second kappa shape index (κ2) is 7.49. The van der Waals surface area contributed by atoms with E-state index in [9.17, 15) is 5.11 Å². The Balaban J connectivity index is 2.44. The number of benzene rings is 1. The lowest BCUT2D eigenvalue weighted by atomic mass is 10.3. The second-order valence-corrected chi connectivity index (χ2v) is 8.05. The monoisotopic (exact) mass is 285 g/mol. The van der Waals surface area contributed by atoms with E-state index in [2.05, 4.69) is 5.32 Å². The highest BCUT2D eigenvalue weighted by atomic mass is 28.4. The molecule has 0 aliphatic carbocycles. The number of hydrogen-bond donors (Lipinski definition) is 2. The van der Waals surface area contributed by atoms with E-state index < -0.39 is 14.8 Å². The minimum absolute atomic E-state index is 0.580. The first-order chi connectivity index (χ1) is 9.03. The van der Waals surface area contributed by atoms with Gasteiger partial charge in [-0.05, 0) is 43.3 Å². The Bertz CT molecular complexity index is 367. The maximum absolute atomic E-state index is 9.95. The van der Waals surface area contributed by atoms with Crippen LogP contribution in [0.15, 0.2) is 24.3 Å². The van der Waals surface area contributed by atoms with Crippen LogP contribution in [0.3, 0.4) is 0 Å². The molecule has 0 aromatic heterocycles. The highest BCUT2D eigenvalue weighted by molar-refractivity contribution is 6.65. The number of anilines is 1. The molecule has 5 nitrogen and oxygen atoms in total. The maximum atomic E-state index is 9.95. The van der Waals surface area contributed by atoms with E-state index >= 15 is 0 Å². The fourth-order valence-corrected chi connectivity index (χ4v) is 3.01. The predicted octanol–water partition coefficient (Wildman–Crippen LogP) is 2.18. The van der Waals surface area contributed by atoms with E-state index in [0.29, 0.717) is 6.42 Å². The molecule has 0 fully saturated rings. The van der Waals surface area contributed by atoms with Gasteiger partial charge in [0.25, 0.3) is 0 Å². The number of aliphatic hydroxyl groups is 1. The lowest BCUT2D eigenvalue weighted by Crippen LogP contribution is -2.37. The van der Waals surface area contributed by atoms with Gasteiger partial charge in [0.1, 0.15) is 12.0 Å². The minimum atomic E-state index is -2.11. The van der Waals surface area contributed by atoms with Crippen molar-refractivity contribution in [2.75, 3.05) is 26.6 Å². The Labute approximate surface area is 115 Å². The van der Waals surface area contributed by atoms with Gasteiger partial charge >= 0.3 is 8.56 Å². The summed E-state index contributed by atoms with van der Waals surface area (Å²) in [5, 5.41) is 13.0. The molecule has 108 valence electrons. The Morgan fingerprint density at radius 3 is 2.21 bits per heavy atom. The average Bonchev–Trinajstić information content (AvgIpc) is 2.45. The molecule has 1 rings (SSSR count). The minimum Gasteiger partial charge on any atom is -0.497 e. The van der Waals surface area contributed by atoms with E-state index in [1.807, 2.05) is 30.8 Å². The molecule has 0 aliphatic heterocycles. The van der Waals surface area contributed by atoms with Gasteiger partial charge in [-0.3, -0.25) is 0 Å². The Morgan fingerprint density at radius 1 is 1.16 bits per heavy atom. The molecule has 0 saturated carbocycles. The van der Waals surface area contributed by atoms with Crippen LogP contribution >= 0.6 is 0 Å². The molecule has 1 aromatic carbocycles. The summed E-state index contributed by atoms with van der Waals surface area (Å²) in [6.45, 7) is 1.98. The highest BCUT2D eigenvalue weighted by Gasteiger charge is 2.29. The lowest BCUT2D eigenvalue weighted by molar-refractivity contribution is 0.187. The molecule has 6 heteroatoms. The van der Waals surface area contributed by atoms with Gasteiger partial charge < -0.3 is 24.0 Å². The molecule has 1 unspecified atom stereocenters. The van der Waals surface area contributed by atoms with Crippen LogP contribution in [0.25, 0.3) is 0 Å². The van der Waals surface area contributed by atoms with Gasteiger partial charge in [-0.25, -0.2) is 0 Å². The average molecular weight is 285 g/mol. The van der Waals surface area contributed by atoms with Crippen LogP contribution in [0.4, 0.5) is 5.69 Å². The standard InChI is InChI=1S/C13H23NO4Si/c1-16-12-7-5-11(6-8-12)14-13(15)9-10-19(4,17-2)18-3/h5-8,13-15H,9-10H2,1-4H3. The highest BCUT2D eigenvalue weighted by Crippen LogP contribution is 2.19. The molecule has 0 aliphatic rings. The molecule has 0 spiro atoms. The van der Waals surface area contributed by atoms with Gasteiger partial charge in [0, 0.05) is 19.9 Å². The van der Waals surface area contributed by atoms with Crippen LogP contribution in [-0.2, 0) is 8.85 Å². The normalized spacial score (nSPS) is 13.1. The van der Waals surface area contributed by atoms with Crippen molar-refractivity contribution in [2.45, 2.75) is 25.2 Å². The van der Waals surface area contributed by atoms with E-state index in [0.717, 1.165) is 17.5 Å². The lowest BCUT2D eigenvalue weighted by Gasteiger charge is -2.24. The van der Waals surface area contributed by atoms with Crippen molar-refractivity contribution < 1.29 is 18.7 Å². The number of nitrogens with one attached hydrogen (secondary N) is 1. The molecular formula is C13H23NO4Si. The summed E-state index contributed by atoms with van der Waals surface area (Å²) in [7, 11) is 2.81. The van der Waals surface area contributed by atoms with Crippen molar-refractivity contribution in [3.05, 3.63) is 24.3 Å². The fraction of sp³-hybridized carbons (Fsp3) is 0.538. The third kappa shape index (κ3) is 5.20. The van der Waals surface area contributed by atoms with Gasteiger partial charge in [-0.15, -0.1) is 0 Å². The van der Waals surface area contributed by atoms with Gasteiger partial charge in [0.15, 0.2) is 0 Å². The Kier molecular flexibility index (Phi) is 6.30. The van der Waals surface area contributed by atoms with Crippen molar-refractivity contribution in [1.82, 2.24) is 0 Å². The Morgan fingerprint density at radius 2 is 1.74 bits per heavy atom. The number of aliphatic hydroxyl groups excluding tert-OH is 1. The summed E-state index contributed by atoms with van der Waals surface area (Å²) in [4.78, 5) is 0. The first-order valence-corrected chi connectivity index (χ1v) is 8.74. The van der Waals surface area contributed by atoms with E-state index in [-0.39, 0.29) is 0 Å². The molecule has 0 saturated heterocycles.